The largest absolute Gasteiger partial charge is 0.478 e. The van der Waals surface area contributed by atoms with Gasteiger partial charge in [-0.15, -0.1) is 11.8 Å². The second-order valence-corrected chi connectivity index (χ2v) is 6.98. The zero-order valence-electron chi connectivity index (χ0n) is 11.0. The first-order valence-corrected chi connectivity index (χ1v) is 8.67. The zero-order chi connectivity index (χ0) is 13.7. The van der Waals surface area contributed by atoms with Crippen molar-refractivity contribution in [2.75, 3.05) is 29.1 Å². The molecule has 1 atom stereocenters. The predicted molar refractivity (Wildman–Crippen MR) is 83.7 cm³/mol. The molecule has 0 radical (unpaired) electrons. The van der Waals surface area contributed by atoms with E-state index in [1.54, 1.807) is 11.8 Å². The molecule has 1 aliphatic heterocycles. The van der Waals surface area contributed by atoms with Gasteiger partial charge in [0.1, 0.15) is 0 Å². The van der Waals surface area contributed by atoms with Crippen LogP contribution in [-0.4, -0.2) is 34.9 Å². The van der Waals surface area contributed by atoms with Crippen LogP contribution in [0.4, 0.5) is 5.69 Å². The topological polar surface area (TPSA) is 49.3 Å². The van der Waals surface area contributed by atoms with E-state index in [1.807, 2.05) is 36.9 Å². The molecule has 0 aliphatic carbocycles. The minimum absolute atomic E-state index is 0.417. The molecule has 1 aromatic rings. The van der Waals surface area contributed by atoms with Crippen LogP contribution in [0.15, 0.2) is 23.1 Å². The number of rotatable bonds is 6. The summed E-state index contributed by atoms with van der Waals surface area (Å²) in [5.41, 5.74) is 1.17. The molecule has 19 heavy (non-hydrogen) atoms. The summed E-state index contributed by atoms with van der Waals surface area (Å²) in [5.74, 6) is 3.10. The van der Waals surface area contributed by atoms with E-state index in [2.05, 4.69) is 5.32 Å². The third-order valence-electron chi connectivity index (χ3n) is 3.15. The van der Waals surface area contributed by atoms with E-state index in [9.17, 15) is 9.90 Å². The van der Waals surface area contributed by atoms with Crippen molar-refractivity contribution in [3.8, 4) is 0 Å². The summed E-state index contributed by atoms with van der Waals surface area (Å²) in [6, 6.07) is 5.68. The lowest BCUT2D eigenvalue weighted by atomic mass is 10.1. The fraction of sp³-hybridized carbons (Fsp3) is 0.500. The Morgan fingerprint density at radius 3 is 3.05 bits per heavy atom. The second kappa shape index (κ2) is 7.10. The Balaban J connectivity index is 2.13. The summed E-state index contributed by atoms with van der Waals surface area (Å²) in [5, 5.41) is 12.7. The van der Waals surface area contributed by atoms with Crippen molar-refractivity contribution in [2.24, 2.45) is 5.92 Å². The molecule has 1 fully saturated rings. The van der Waals surface area contributed by atoms with Crippen LogP contribution in [0.25, 0.3) is 0 Å². The molecule has 104 valence electrons. The second-order valence-electron chi connectivity index (χ2n) is 4.53. The number of carbonyl (C=O) groups is 1. The first-order valence-electron chi connectivity index (χ1n) is 6.53. The Kier molecular flexibility index (Phi) is 5.45. The number of hydrogen-bond acceptors (Lipinski definition) is 4. The molecule has 5 heteroatoms. The number of benzene rings is 1. The molecule has 1 unspecified atom stereocenters. The number of nitrogens with one attached hydrogen (secondary N) is 1. The average Bonchev–Trinajstić information content (AvgIpc) is 2.89. The lowest BCUT2D eigenvalue weighted by Crippen LogP contribution is -2.16. The maximum absolute atomic E-state index is 11.5. The number of anilines is 1. The maximum atomic E-state index is 11.5. The van der Waals surface area contributed by atoms with Gasteiger partial charge in [-0.2, -0.15) is 11.8 Å². The van der Waals surface area contributed by atoms with Crippen LogP contribution in [0.5, 0.6) is 0 Å². The van der Waals surface area contributed by atoms with Gasteiger partial charge in [-0.05, 0) is 41.7 Å². The van der Waals surface area contributed by atoms with E-state index < -0.39 is 5.97 Å². The summed E-state index contributed by atoms with van der Waals surface area (Å²) in [4.78, 5) is 12.3. The average molecular weight is 297 g/mol. The number of carboxylic acid groups (broad SMARTS) is 1. The fourth-order valence-corrected chi connectivity index (χ4v) is 4.29. The normalized spacial score (nSPS) is 18.5. The third kappa shape index (κ3) is 3.83. The van der Waals surface area contributed by atoms with Crippen LogP contribution in [0.3, 0.4) is 0 Å². The molecular weight excluding hydrogens is 278 g/mol. The summed E-state index contributed by atoms with van der Waals surface area (Å²) >= 11 is 3.56. The quantitative estimate of drug-likeness (QED) is 0.785. The Hall–Kier alpha value is -0.810. The Labute approximate surface area is 122 Å². The standard InChI is InChI=1S/C14H19NO2S2/c1-2-19-12-5-3-4-11(13(12)14(16)17)15-8-10-6-7-18-9-10/h3-5,10,15H,2,6-9H2,1H3,(H,16,17). The summed E-state index contributed by atoms with van der Waals surface area (Å²) in [6.07, 6.45) is 1.23. The van der Waals surface area contributed by atoms with Gasteiger partial charge in [0.15, 0.2) is 0 Å². The van der Waals surface area contributed by atoms with E-state index in [1.165, 1.54) is 17.9 Å². The molecule has 0 aromatic heterocycles. The molecule has 2 rings (SSSR count). The van der Waals surface area contributed by atoms with Gasteiger partial charge >= 0.3 is 5.97 Å². The molecule has 2 N–H and O–H groups in total. The molecule has 0 saturated carbocycles. The van der Waals surface area contributed by atoms with Gasteiger partial charge in [-0.25, -0.2) is 4.79 Å². The van der Waals surface area contributed by atoms with Crippen molar-refractivity contribution in [1.82, 2.24) is 0 Å². The monoisotopic (exact) mass is 297 g/mol. The van der Waals surface area contributed by atoms with Gasteiger partial charge in [-0.1, -0.05) is 13.0 Å². The Morgan fingerprint density at radius 1 is 1.58 bits per heavy atom. The van der Waals surface area contributed by atoms with Gasteiger partial charge in [0.2, 0.25) is 0 Å². The SMILES string of the molecule is CCSc1cccc(NCC2CCSC2)c1C(=O)O. The molecule has 0 amide bonds. The molecule has 3 nitrogen and oxygen atoms in total. The number of thioether (sulfide) groups is 2. The van der Waals surface area contributed by atoms with Gasteiger partial charge in [-0.3, -0.25) is 0 Å². The van der Waals surface area contributed by atoms with Gasteiger partial charge in [0.25, 0.3) is 0 Å². The van der Waals surface area contributed by atoms with E-state index in [-0.39, 0.29) is 0 Å². The van der Waals surface area contributed by atoms with E-state index >= 15 is 0 Å². The third-order valence-corrected chi connectivity index (χ3v) is 5.32. The van der Waals surface area contributed by atoms with Gasteiger partial charge < -0.3 is 10.4 Å². The van der Waals surface area contributed by atoms with Crippen molar-refractivity contribution < 1.29 is 9.90 Å². The van der Waals surface area contributed by atoms with Crippen molar-refractivity contribution in [1.29, 1.82) is 0 Å². The molecule has 1 aliphatic rings. The smallest absolute Gasteiger partial charge is 0.338 e. The highest BCUT2D eigenvalue weighted by Gasteiger charge is 2.18. The van der Waals surface area contributed by atoms with Crippen LogP contribution in [0.2, 0.25) is 0 Å². The lowest BCUT2D eigenvalue weighted by Gasteiger charge is -2.15. The van der Waals surface area contributed by atoms with Crippen molar-refractivity contribution in [3.05, 3.63) is 23.8 Å². The lowest BCUT2D eigenvalue weighted by molar-refractivity contribution is 0.0694. The first kappa shape index (κ1) is 14.6. The van der Waals surface area contributed by atoms with Crippen LogP contribution in [0.1, 0.15) is 23.7 Å². The molecule has 1 heterocycles. The van der Waals surface area contributed by atoms with E-state index in [0.717, 1.165) is 22.9 Å². The fourth-order valence-electron chi connectivity index (χ4n) is 2.17. The summed E-state index contributed by atoms with van der Waals surface area (Å²) < 4.78 is 0. The van der Waals surface area contributed by atoms with Crippen molar-refractivity contribution in [3.63, 3.8) is 0 Å². The number of carboxylic acids is 1. The minimum atomic E-state index is -0.847. The highest BCUT2D eigenvalue weighted by molar-refractivity contribution is 7.99. The molecule has 0 bridgehead atoms. The van der Waals surface area contributed by atoms with Crippen LogP contribution < -0.4 is 5.32 Å². The first-order chi connectivity index (χ1) is 9.22. The highest BCUT2D eigenvalue weighted by Crippen LogP contribution is 2.30. The van der Waals surface area contributed by atoms with Crippen LogP contribution in [-0.2, 0) is 0 Å². The molecule has 1 aromatic carbocycles. The van der Waals surface area contributed by atoms with Crippen LogP contribution in [0, 0.1) is 5.92 Å². The molecular formula is C14H19NO2S2. The zero-order valence-corrected chi connectivity index (χ0v) is 12.6. The Morgan fingerprint density at radius 2 is 2.42 bits per heavy atom. The number of hydrogen-bond donors (Lipinski definition) is 2. The Bertz CT molecular complexity index is 445. The molecule has 0 spiro atoms. The van der Waals surface area contributed by atoms with Gasteiger partial charge in [0, 0.05) is 17.1 Å². The summed E-state index contributed by atoms with van der Waals surface area (Å²) in [7, 11) is 0. The predicted octanol–water partition coefficient (Wildman–Crippen LogP) is 3.66. The summed E-state index contributed by atoms with van der Waals surface area (Å²) in [6.45, 7) is 2.90. The van der Waals surface area contributed by atoms with E-state index in [4.69, 9.17) is 0 Å². The van der Waals surface area contributed by atoms with E-state index in [0.29, 0.717) is 11.5 Å². The van der Waals surface area contributed by atoms with Crippen molar-refractivity contribution in [2.45, 2.75) is 18.2 Å². The maximum Gasteiger partial charge on any atom is 0.338 e. The van der Waals surface area contributed by atoms with Crippen molar-refractivity contribution >= 4 is 35.2 Å². The number of aromatic carboxylic acids is 1. The van der Waals surface area contributed by atoms with Gasteiger partial charge in [0.05, 0.1) is 5.56 Å². The molecule has 1 saturated heterocycles. The van der Waals surface area contributed by atoms with Crippen LogP contribution >= 0.6 is 23.5 Å². The minimum Gasteiger partial charge on any atom is -0.478 e. The highest BCUT2D eigenvalue weighted by atomic mass is 32.2.